The van der Waals surface area contributed by atoms with E-state index in [1.807, 2.05) is 80.6 Å². The van der Waals surface area contributed by atoms with Crippen LogP contribution in [-0.4, -0.2) is 18.4 Å². The van der Waals surface area contributed by atoms with Crippen LogP contribution in [0, 0.1) is 6.92 Å². The molecule has 1 heterocycles. The third-order valence-corrected chi connectivity index (χ3v) is 7.95. The number of benzene rings is 3. The molecule has 0 aliphatic heterocycles. The van der Waals surface area contributed by atoms with Crippen molar-refractivity contribution in [3.63, 3.8) is 0 Å². The Morgan fingerprint density at radius 1 is 0.935 bits per heavy atom. The molecular formula is C24H25BrN2O2S2. The summed E-state index contributed by atoms with van der Waals surface area (Å²) in [6, 6.07) is 24.7. The Kier molecular flexibility index (Phi) is 7.31. The monoisotopic (exact) mass is 516 g/mol. The summed E-state index contributed by atoms with van der Waals surface area (Å²) in [6.07, 6.45) is 0. The molecule has 4 nitrogen and oxygen atoms in total. The van der Waals surface area contributed by atoms with Crippen LogP contribution in [0.3, 0.4) is 0 Å². The van der Waals surface area contributed by atoms with Gasteiger partial charge in [0.1, 0.15) is 4.90 Å². The Hall–Kier alpha value is -2.06. The van der Waals surface area contributed by atoms with Gasteiger partial charge in [0, 0.05) is 11.9 Å². The molecule has 7 heteroatoms. The number of sulfone groups is 1. The minimum atomic E-state index is -3.73. The topological polar surface area (TPSA) is 65.1 Å². The van der Waals surface area contributed by atoms with Gasteiger partial charge in [-0.15, -0.1) is 17.0 Å². The van der Waals surface area contributed by atoms with Gasteiger partial charge in [0.25, 0.3) is 0 Å². The number of fused-ring (bicyclic) bond motifs is 1. The lowest BCUT2D eigenvalue weighted by Crippen LogP contribution is -2.13. The lowest BCUT2D eigenvalue weighted by atomic mass is 10.2. The van der Waals surface area contributed by atoms with Crippen molar-refractivity contribution in [2.24, 2.45) is 5.73 Å². The molecule has 4 rings (SSSR count). The van der Waals surface area contributed by atoms with Crippen molar-refractivity contribution in [3.8, 4) is 0 Å². The SMILES string of the molecule is Br.Cc1ccc(S(=O)(=O)c2c(SC(C)N)n(Cc3ccccc3)c3ccccc23)cc1. The molecule has 1 aromatic heterocycles. The number of hydrogen-bond donors (Lipinski definition) is 1. The standard InChI is InChI=1S/C24H24N2O2S2.BrH/c1-17-12-14-20(15-13-17)30(27,28)23-21-10-6-7-11-22(21)26(24(23)29-18(2)25)16-19-8-4-3-5-9-19;/h3-15,18H,16,25H2,1-2H3;1H. The van der Waals surface area contributed by atoms with Crippen LogP contribution in [-0.2, 0) is 16.4 Å². The maximum atomic E-state index is 13.8. The van der Waals surface area contributed by atoms with Gasteiger partial charge in [-0.3, -0.25) is 0 Å². The van der Waals surface area contributed by atoms with Crippen LogP contribution in [0.4, 0.5) is 0 Å². The molecule has 0 radical (unpaired) electrons. The van der Waals surface area contributed by atoms with E-state index in [0.29, 0.717) is 21.4 Å². The van der Waals surface area contributed by atoms with E-state index in [2.05, 4.69) is 4.57 Å². The minimum Gasteiger partial charge on any atom is -0.330 e. The van der Waals surface area contributed by atoms with E-state index in [1.165, 1.54) is 11.8 Å². The van der Waals surface area contributed by atoms with Gasteiger partial charge in [-0.1, -0.05) is 78.0 Å². The zero-order valence-corrected chi connectivity index (χ0v) is 20.7. The maximum Gasteiger partial charge on any atom is 0.209 e. The van der Waals surface area contributed by atoms with Gasteiger partial charge < -0.3 is 10.3 Å². The van der Waals surface area contributed by atoms with Crippen molar-refractivity contribution < 1.29 is 8.42 Å². The summed E-state index contributed by atoms with van der Waals surface area (Å²) in [5.74, 6) is 0. The molecular weight excluding hydrogens is 492 g/mol. The van der Waals surface area contributed by atoms with Crippen LogP contribution in [0.1, 0.15) is 18.1 Å². The average molecular weight is 518 g/mol. The second-order valence-corrected chi connectivity index (χ2v) is 10.6. The van der Waals surface area contributed by atoms with Gasteiger partial charge >= 0.3 is 0 Å². The second kappa shape index (κ2) is 9.61. The van der Waals surface area contributed by atoms with Crippen molar-refractivity contribution in [1.82, 2.24) is 4.57 Å². The Morgan fingerprint density at radius 3 is 2.19 bits per heavy atom. The molecule has 31 heavy (non-hydrogen) atoms. The van der Waals surface area contributed by atoms with Crippen molar-refractivity contribution in [3.05, 3.63) is 90.0 Å². The molecule has 0 spiro atoms. The molecule has 0 fully saturated rings. The molecule has 4 aromatic rings. The summed E-state index contributed by atoms with van der Waals surface area (Å²) < 4.78 is 29.6. The summed E-state index contributed by atoms with van der Waals surface area (Å²) in [5.41, 5.74) is 9.14. The predicted molar refractivity (Wildman–Crippen MR) is 134 cm³/mol. The number of nitrogens with two attached hydrogens (primary N) is 1. The first kappa shape index (κ1) is 23.6. The fraction of sp³-hybridized carbons (Fsp3) is 0.167. The smallest absolute Gasteiger partial charge is 0.209 e. The Bertz CT molecular complexity index is 1280. The van der Waals surface area contributed by atoms with Gasteiger partial charge in [-0.05, 0) is 37.6 Å². The summed E-state index contributed by atoms with van der Waals surface area (Å²) in [5, 5.41) is 1.14. The van der Waals surface area contributed by atoms with E-state index < -0.39 is 9.84 Å². The van der Waals surface area contributed by atoms with E-state index in [9.17, 15) is 8.42 Å². The van der Waals surface area contributed by atoms with Gasteiger partial charge in [0.15, 0.2) is 0 Å². The highest BCUT2D eigenvalue weighted by atomic mass is 79.9. The van der Waals surface area contributed by atoms with E-state index >= 15 is 0 Å². The number of halogens is 1. The van der Waals surface area contributed by atoms with Gasteiger partial charge in [0.2, 0.25) is 9.84 Å². The van der Waals surface area contributed by atoms with Gasteiger partial charge in [-0.25, -0.2) is 8.42 Å². The molecule has 1 unspecified atom stereocenters. The predicted octanol–water partition coefficient (Wildman–Crippen LogP) is 5.81. The van der Waals surface area contributed by atoms with Crippen molar-refractivity contribution in [1.29, 1.82) is 0 Å². The highest BCUT2D eigenvalue weighted by molar-refractivity contribution is 8.93. The van der Waals surface area contributed by atoms with Crippen LogP contribution < -0.4 is 5.73 Å². The average Bonchev–Trinajstić information content (AvgIpc) is 3.02. The zero-order valence-electron chi connectivity index (χ0n) is 17.4. The van der Waals surface area contributed by atoms with Crippen LogP contribution in [0.25, 0.3) is 10.9 Å². The van der Waals surface area contributed by atoms with Crippen LogP contribution >= 0.6 is 28.7 Å². The summed E-state index contributed by atoms with van der Waals surface area (Å²) >= 11 is 1.38. The Morgan fingerprint density at radius 2 is 1.55 bits per heavy atom. The highest BCUT2D eigenvalue weighted by Crippen LogP contribution is 2.40. The maximum absolute atomic E-state index is 13.8. The molecule has 0 saturated carbocycles. The summed E-state index contributed by atoms with van der Waals surface area (Å²) in [6.45, 7) is 4.39. The second-order valence-electron chi connectivity index (χ2n) is 7.36. The lowest BCUT2D eigenvalue weighted by Gasteiger charge is -2.14. The first-order valence-electron chi connectivity index (χ1n) is 9.77. The van der Waals surface area contributed by atoms with E-state index in [4.69, 9.17) is 5.73 Å². The molecule has 0 aliphatic rings. The fourth-order valence-corrected chi connectivity index (χ4v) is 6.42. The zero-order chi connectivity index (χ0) is 21.3. The molecule has 162 valence electrons. The summed E-state index contributed by atoms with van der Waals surface area (Å²) in [4.78, 5) is 0.627. The van der Waals surface area contributed by atoms with E-state index in [-0.39, 0.29) is 22.4 Å². The van der Waals surface area contributed by atoms with Gasteiger partial charge in [0.05, 0.1) is 20.8 Å². The highest BCUT2D eigenvalue weighted by Gasteiger charge is 2.29. The number of nitrogens with zero attached hydrogens (tertiary/aromatic N) is 1. The third-order valence-electron chi connectivity index (χ3n) is 4.96. The molecule has 0 bridgehead atoms. The fourth-order valence-electron chi connectivity index (χ4n) is 3.56. The minimum absolute atomic E-state index is 0. The number of thioether (sulfide) groups is 1. The normalized spacial score (nSPS) is 12.5. The molecule has 2 N–H and O–H groups in total. The number of hydrogen-bond acceptors (Lipinski definition) is 4. The largest absolute Gasteiger partial charge is 0.330 e. The van der Waals surface area contributed by atoms with Crippen LogP contribution in [0.2, 0.25) is 0 Å². The van der Waals surface area contributed by atoms with Gasteiger partial charge in [-0.2, -0.15) is 0 Å². The molecule has 0 saturated heterocycles. The summed E-state index contributed by atoms with van der Waals surface area (Å²) in [7, 11) is -3.73. The first-order valence-corrected chi connectivity index (χ1v) is 12.1. The lowest BCUT2D eigenvalue weighted by molar-refractivity contribution is 0.592. The first-order chi connectivity index (χ1) is 14.4. The van der Waals surface area contributed by atoms with Crippen molar-refractivity contribution >= 4 is 49.5 Å². The molecule has 0 amide bonds. The van der Waals surface area contributed by atoms with Crippen molar-refractivity contribution in [2.45, 2.75) is 40.6 Å². The third kappa shape index (κ3) is 4.75. The molecule has 3 aromatic carbocycles. The molecule has 0 aliphatic carbocycles. The number of para-hydroxylation sites is 1. The van der Waals surface area contributed by atoms with Crippen LogP contribution in [0.15, 0.2) is 93.7 Å². The quantitative estimate of drug-likeness (QED) is 0.259. The van der Waals surface area contributed by atoms with Crippen molar-refractivity contribution in [2.75, 3.05) is 0 Å². The van der Waals surface area contributed by atoms with E-state index in [0.717, 1.165) is 22.0 Å². The van der Waals surface area contributed by atoms with Crippen LogP contribution in [0.5, 0.6) is 0 Å². The number of rotatable bonds is 6. The molecule has 1 atom stereocenters. The number of aromatic nitrogens is 1. The number of aryl methyl sites for hydroxylation is 1. The Balaban J connectivity index is 0.00000272. The Labute approximate surface area is 198 Å². The van der Waals surface area contributed by atoms with E-state index in [1.54, 1.807) is 12.1 Å².